The monoisotopic (exact) mass is 411 g/mol. The van der Waals surface area contributed by atoms with Gasteiger partial charge in [0, 0.05) is 31.4 Å². The molecular weight excluding hydrogens is 386 g/mol. The van der Waals surface area contributed by atoms with Crippen LogP contribution in [0.5, 0.6) is 0 Å². The molecule has 3 aromatic rings. The maximum absolute atomic E-state index is 12.5. The summed E-state index contributed by atoms with van der Waals surface area (Å²) in [7, 11) is -3.58. The van der Waals surface area contributed by atoms with Crippen molar-refractivity contribution >= 4 is 21.8 Å². The lowest BCUT2D eigenvalue weighted by Gasteiger charge is -2.10. The van der Waals surface area contributed by atoms with E-state index in [1.165, 1.54) is 0 Å². The number of anilines is 2. The van der Waals surface area contributed by atoms with Gasteiger partial charge in [-0.3, -0.25) is 0 Å². The Kier molecular flexibility index (Phi) is 6.79. The zero-order chi connectivity index (χ0) is 20.7. The molecule has 0 atom stereocenters. The fourth-order valence-corrected chi connectivity index (χ4v) is 3.85. The van der Waals surface area contributed by atoms with Gasteiger partial charge in [-0.2, -0.15) is 4.98 Å². The van der Waals surface area contributed by atoms with E-state index in [1.54, 1.807) is 12.1 Å². The molecule has 0 aliphatic rings. The highest BCUT2D eigenvalue weighted by molar-refractivity contribution is 7.89. The molecule has 1 heterocycles. The number of nitrogens with one attached hydrogen (secondary N) is 3. The molecule has 0 unspecified atom stereocenters. The molecule has 3 rings (SSSR count). The molecule has 29 heavy (non-hydrogen) atoms. The minimum Gasteiger partial charge on any atom is -0.370 e. The molecule has 0 aliphatic carbocycles. The number of hydrogen-bond acceptors (Lipinski definition) is 6. The predicted octanol–water partition coefficient (Wildman–Crippen LogP) is 3.27. The summed E-state index contributed by atoms with van der Waals surface area (Å²) in [5.41, 5.74) is 2.85. The quantitative estimate of drug-likeness (QED) is 0.468. The van der Waals surface area contributed by atoms with Crippen LogP contribution < -0.4 is 15.4 Å². The Bertz CT molecular complexity index is 1040. The molecule has 8 heteroatoms. The highest BCUT2D eigenvalue weighted by Crippen LogP contribution is 2.20. The second-order valence-electron chi connectivity index (χ2n) is 6.46. The minimum atomic E-state index is -3.58. The van der Waals surface area contributed by atoms with Crippen molar-refractivity contribution < 1.29 is 8.42 Å². The lowest BCUT2D eigenvalue weighted by Crippen LogP contribution is -2.29. The summed E-state index contributed by atoms with van der Waals surface area (Å²) in [6.45, 7) is 5.23. The molecule has 0 radical (unpaired) electrons. The van der Waals surface area contributed by atoms with Crippen molar-refractivity contribution in [2.75, 3.05) is 30.3 Å². The molecule has 0 amide bonds. The smallest absolute Gasteiger partial charge is 0.240 e. The standard InChI is InChI=1S/C21H25N5O2S/c1-3-22-20-15-16(2)25-21(26-20)23-13-14-24-29(27,28)19-11-9-18(10-12-19)17-7-5-4-6-8-17/h4-12,15,24H,3,13-14H2,1-2H3,(H2,22,23,25,26). The lowest BCUT2D eigenvalue weighted by molar-refractivity contribution is 0.583. The SMILES string of the molecule is CCNc1cc(C)nc(NCCNS(=O)(=O)c2ccc(-c3ccccc3)cc2)n1. The summed E-state index contributed by atoms with van der Waals surface area (Å²) >= 11 is 0. The Morgan fingerprint density at radius 3 is 2.24 bits per heavy atom. The number of rotatable bonds is 9. The molecule has 152 valence electrons. The first-order chi connectivity index (χ1) is 14.0. The van der Waals surface area contributed by atoms with E-state index in [-0.39, 0.29) is 11.4 Å². The van der Waals surface area contributed by atoms with Crippen LogP contribution in [0.4, 0.5) is 11.8 Å². The zero-order valence-electron chi connectivity index (χ0n) is 16.5. The summed E-state index contributed by atoms with van der Waals surface area (Å²) < 4.78 is 27.6. The number of nitrogens with zero attached hydrogens (tertiary/aromatic N) is 2. The van der Waals surface area contributed by atoms with Crippen molar-refractivity contribution in [1.82, 2.24) is 14.7 Å². The van der Waals surface area contributed by atoms with E-state index < -0.39 is 10.0 Å². The van der Waals surface area contributed by atoms with Crippen LogP contribution in [0.3, 0.4) is 0 Å². The maximum atomic E-state index is 12.5. The molecule has 0 aliphatic heterocycles. The van der Waals surface area contributed by atoms with E-state index in [9.17, 15) is 8.42 Å². The first kappa shape index (κ1) is 20.8. The van der Waals surface area contributed by atoms with E-state index in [4.69, 9.17) is 0 Å². The molecule has 3 N–H and O–H groups in total. The third-order valence-corrected chi connectivity index (χ3v) is 5.66. The maximum Gasteiger partial charge on any atom is 0.240 e. The van der Waals surface area contributed by atoms with Crippen LogP contribution >= 0.6 is 0 Å². The molecule has 2 aromatic carbocycles. The molecule has 0 saturated heterocycles. The number of aromatic nitrogens is 2. The van der Waals surface area contributed by atoms with Crippen molar-refractivity contribution in [1.29, 1.82) is 0 Å². The fourth-order valence-electron chi connectivity index (χ4n) is 2.82. The van der Waals surface area contributed by atoms with Gasteiger partial charge in [0.2, 0.25) is 16.0 Å². The van der Waals surface area contributed by atoms with Gasteiger partial charge in [0.25, 0.3) is 0 Å². The number of sulfonamides is 1. The Hall–Kier alpha value is -2.97. The van der Waals surface area contributed by atoms with E-state index in [0.717, 1.165) is 29.2 Å². The van der Waals surface area contributed by atoms with Crippen LogP contribution in [0.15, 0.2) is 65.6 Å². The Morgan fingerprint density at radius 1 is 0.862 bits per heavy atom. The first-order valence-electron chi connectivity index (χ1n) is 9.46. The van der Waals surface area contributed by atoms with Gasteiger partial charge in [-0.1, -0.05) is 42.5 Å². The van der Waals surface area contributed by atoms with E-state index in [1.807, 2.05) is 62.4 Å². The molecular formula is C21H25N5O2S. The number of benzene rings is 2. The minimum absolute atomic E-state index is 0.219. The van der Waals surface area contributed by atoms with Gasteiger partial charge in [0.15, 0.2) is 0 Å². The molecule has 7 nitrogen and oxygen atoms in total. The lowest BCUT2D eigenvalue weighted by atomic mass is 10.1. The Labute approximate surface area is 171 Å². The van der Waals surface area contributed by atoms with Crippen LogP contribution in [0.25, 0.3) is 11.1 Å². The van der Waals surface area contributed by atoms with Crippen molar-refractivity contribution in [3.63, 3.8) is 0 Å². The van der Waals surface area contributed by atoms with Crippen LogP contribution in [0.1, 0.15) is 12.6 Å². The van der Waals surface area contributed by atoms with Gasteiger partial charge in [0.05, 0.1) is 4.90 Å². The summed E-state index contributed by atoms with van der Waals surface area (Å²) in [4.78, 5) is 8.89. The normalized spacial score (nSPS) is 11.2. The van der Waals surface area contributed by atoms with E-state index in [0.29, 0.717) is 12.5 Å². The molecule has 0 spiro atoms. The van der Waals surface area contributed by atoms with Crippen LogP contribution in [0, 0.1) is 6.92 Å². The van der Waals surface area contributed by atoms with Gasteiger partial charge in [0.1, 0.15) is 5.82 Å². The van der Waals surface area contributed by atoms with E-state index in [2.05, 4.69) is 25.3 Å². The van der Waals surface area contributed by atoms with Crippen LogP contribution in [-0.2, 0) is 10.0 Å². The second kappa shape index (κ2) is 9.49. The summed E-state index contributed by atoms with van der Waals surface area (Å²) in [6, 6.07) is 18.5. The molecule has 0 saturated carbocycles. The van der Waals surface area contributed by atoms with Crippen LogP contribution in [-0.4, -0.2) is 38.0 Å². The average molecular weight is 412 g/mol. The molecule has 0 fully saturated rings. The average Bonchev–Trinajstić information content (AvgIpc) is 2.72. The molecule has 0 bridgehead atoms. The number of aryl methyl sites for hydroxylation is 1. The predicted molar refractivity (Wildman–Crippen MR) is 116 cm³/mol. The van der Waals surface area contributed by atoms with E-state index >= 15 is 0 Å². The second-order valence-corrected chi connectivity index (χ2v) is 8.23. The van der Waals surface area contributed by atoms with Crippen molar-refractivity contribution in [3.8, 4) is 11.1 Å². The first-order valence-corrected chi connectivity index (χ1v) is 10.9. The third kappa shape index (κ3) is 5.75. The van der Waals surface area contributed by atoms with Gasteiger partial charge >= 0.3 is 0 Å². The van der Waals surface area contributed by atoms with Crippen molar-refractivity contribution in [2.45, 2.75) is 18.7 Å². The zero-order valence-corrected chi connectivity index (χ0v) is 17.3. The highest BCUT2D eigenvalue weighted by Gasteiger charge is 2.13. The topological polar surface area (TPSA) is 96.0 Å². The summed E-state index contributed by atoms with van der Waals surface area (Å²) in [5.74, 6) is 1.20. The number of hydrogen-bond donors (Lipinski definition) is 3. The van der Waals surface area contributed by atoms with Gasteiger partial charge in [-0.25, -0.2) is 18.1 Å². The fraction of sp³-hybridized carbons (Fsp3) is 0.238. The Morgan fingerprint density at radius 2 is 1.55 bits per heavy atom. The van der Waals surface area contributed by atoms with Crippen molar-refractivity contribution in [2.24, 2.45) is 0 Å². The summed E-state index contributed by atoms with van der Waals surface area (Å²) in [6.07, 6.45) is 0. The summed E-state index contributed by atoms with van der Waals surface area (Å²) in [5, 5.41) is 6.19. The Balaban J connectivity index is 1.56. The van der Waals surface area contributed by atoms with Gasteiger partial charge in [-0.05, 0) is 37.1 Å². The highest BCUT2D eigenvalue weighted by atomic mass is 32.2. The van der Waals surface area contributed by atoms with Crippen molar-refractivity contribution in [3.05, 3.63) is 66.4 Å². The van der Waals surface area contributed by atoms with Gasteiger partial charge in [-0.15, -0.1) is 0 Å². The molecule has 1 aromatic heterocycles. The third-order valence-electron chi connectivity index (χ3n) is 4.18. The largest absolute Gasteiger partial charge is 0.370 e. The van der Waals surface area contributed by atoms with Crippen LogP contribution in [0.2, 0.25) is 0 Å². The van der Waals surface area contributed by atoms with Gasteiger partial charge < -0.3 is 10.6 Å².